The molecule has 0 aliphatic carbocycles. The van der Waals surface area contributed by atoms with Crippen LogP contribution in [-0.2, 0) is 0 Å². The monoisotopic (exact) mass is 159 g/mol. The second kappa shape index (κ2) is 2.79. The van der Waals surface area contributed by atoms with Crippen molar-refractivity contribution in [2.75, 3.05) is 5.43 Å². The van der Waals surface area contributed by atoms with Gasteiger partial charge in [-0.05, 0) is 12.1 Å². The average Bonchev–Trinajstić information content (AvgIpc) is 2.17. The maximum Gasteiger partial charge on any atom is 0.0946 e. The van der Waals surface area contributed by atoms with E-state index in [9.17, 15) is 0 Å². The molecule has 2 rings (SSSR count). The van der Waals surface area contributed by atoms with E-state index < -0.39 is 0 Å². The molecule has 0 amide bonds. The van der Waals surface area contributed by atoms with Crippen LogP contribution in [0.2, 0.25) is 0 Å². The summed E-state index contributed by atoms with van der Waals surface area (Å²) in [7, 11) is 0. The van der Waals surface area contributed by atoms with Gasteiger partial charge in [0, 0.05) is 11.6 Å². The molecule has 0 saturated carbocycles. The number of nitrogen functional groups attached to an aromatic ring is 1. The largest absolute Gasteiger partial charge is 0.322 e. The average molecular weight is 159 g/mol. The summed E-state index contributed by atoms with van der Waals surface area (Å²) >= 11 is 0. The first-order valence-electron chi connectivity index (χ1n) is 3.72. The van der Waals surface area contributed by atoms with Gasteiger partial charge in [-0.15, -0.1) is 0 Å². The molecule has 12 heavy (non-hydrogen) atoms. The highest BCUT2D eigenvalue weighted by Gasteiger charge is 1.97. The van der Waals surface area contributed by atoms with Crippen molar-refractivity contribution in [2.24, 2.45) is 5.84 Å². The number of para-hydroxylation sites is 1. The molecule has 0 aliphatic heterocycles. The van der Waals surface area contributed by atoms with Crippen molar-refractivity contribution in [3.8, 4) is 0 Å². The standard InChI is InChI=1S/C9H9N3/c10-12-8-5-1-3-7-4-2-6-11-9(7)8/h1-6,12H,10H2. The highest BCUT2D eigenvalue weighted by atomic mass is 15.2. The number of fused-ring (bicyclic) bond motifs is 1. The third-order valence-corrected chi connectivity index (χ3v) is 1.79. The SMILES string of the molecule is NNc1cccc2cccnc12. The summed E-state index contributed by atoms with van der Waals surface area (Å²) in [6.45, 7) is 0. The van der Waals surface area contributed by atoms with Crippen LogP contribution in [0.15, 0.2) is 36.5 Å². The summed E-state index contributed by atoms with van der Waals surface area (Å²) in [5.41, 5.74) is 4.37. The zero-order valence-electron chi connectivity index (χ0n) is 6.49. The molecule has 0 spiro atoms. The molecule has 1 heterocycles. The molecule has 2 aromatic rings. The van der Waals surface area contributed by atoms with Crippen LogP contribution in [0.5, 0.6) is 0 Å². The lowest BCUT2D eigenvalue weighted by Gasteiger charge is -2.02. The molecule has 60 valence electrons. The molecule has 0 aliphatic rings. The fraction of sp³-hybridized carbons (Fsp3) is 0. The van der Waals surface area contributed by atoms with Crippen LogP contribution >= 0.6 is 0 Å². The molecule has 1 aromatic heterocycles. The first-order chi connectivity index (χ1) is 5.92. The Bertz CT molecular complexity index is 392. The summed E-state index contributed by atoms with van der Waals surface area (Å²) in [5.74, 6) is 5.33. The van der Waals surface area contributed by atoms with E-state index in [0.717, 1.165) is 16.6 Å². The lowest BCUT2D eigenvalue weighted by atomic mass is 10.2. The van der Waals surface area contributed by atoms with Crippen LogP contribution in [0.25, 0.3) is 10.9 Å². The minimum Gasteiger partial charge on any atom is -0.322 e. The maximum atomic E-state index is 5.33. The molecule has 0 radical (unpaired) electrons. The Kier molecular flexibility index (Phi) is 1.64. The van der Waals surface area contributed by atoms with Crippen molar-refractivity contribution in [2.45, 2.75) is 0 Å². The van der Waals surface area contributed by atoms with Gasteiger partial charge >= 0.3 is 0 Å². The lowest BCUT2D eigenvalue weighted by Crippen LogP contribution is -2.07. The first-order valence-corrected chi connectivity index (χ1v) is 3.72. The van der Waals surface area contributed by atoms with Gasteiger partial charge in [-0.1, -0.05) is 18.2 Å². The van der Waals surface area contributed by atoms with Crippen LogP contribution in [-0.4, -0.2) is 4.98 Å². The number of rotatable bonds is 1. The zero-order valence-corrected chi connectivity index (χ0v) is 6.49. The van der Waals surface area contributed by atoms with E-state index in [0.29, 0.717) is 0 Å². The summed E-state index contributed by atoms with van der Waals surface area (Å²) in [5, 5.41) is 1.09. The number of nitrogens with zero attached hydrogens (tertiary/aromatic N) is 1. The molecule has 0 atom stereocenters. The van der Waals surface area contributed by atoms with E-state index in [1.165, 1.54) is 0 Å². The van der Waals surface area contributed by atoms with Crippen LogP contribution in [0.1, 0.15) is 0 Å². The fourth-order valence-electron chi connectivity index (χ4n) is 1.22. The molecule has 0 bridgehead atoms. The van der Waals surface area contributed by atoms with E-state index in [4.69, 9.17) is 5.84 Å². The number of benzene rings is 1. The Morgan fingerprint density at radius 3 is 2.83 bits per heavy atom. The number of hydrogen-bond donors (Lipinski definition) is 2. The summed E-state index contributed by atoms with van der Waals surface area (Å²) in [6, 6.07) is 9.75. The summed E-state index contributed by atoms with van der Waals surface area (Å²) < 4.78 is 0. The van der Waals surface area contributed by atoms with E-state index in [1.807, 2.05) is 30.3 Å². The number of pyridine rings is 1. The van der Waals surface area contributed by atoms with E-state index in [1.54, 1.807) is 6.20 Å². The van der Waals surface area contributed by atoms with Crippen LogP contribution in [0, 0.1) is 0 Å². The normalized spacial score (nSPS) is 10.1. The second-order valence-corrected chi connectivity index (χ2v) is 2.53. The lowest BCUT2D eigenvalue weighted by molar-refractivity contribution is 1.33. The highest BCUT2D eigenvalue weighted by Crippen LogP contribution is 2.18. The highest BCUT2D eigenvalue weighted by molar-refractivity contribution is 5.89. The van der Waals surface area contributed by atoms with Gasteiger partial charge in [0.1, 0.15) is 0 Å². The Morgan fingerprint density at radius 2 is 2.00 bits per heavy atom. The van der Waals surface area contributed by atoms with Crippen molar-refractivity contribution in [1.82, 2.24) is 4.98 Å². The number of nitrogens with two attached hydrogens (primary N) is 1. The Hall–Kier alpha value is -1.61. The van der Waals surface area contributed by atoms with E-state index in [-0.39, 0.29) is 0 Å². The van der Waals surface area contributed by atoms with Crippen molar-refractivity contribution < 1.29 is 0 Å². The summed E-state index contributed by atoms with van der Waals surface area (Å²) in [6.07, 6.45) is 1.75. The van der Waals surface area contributed by atoms with Crippen molar-refractivity contribution in [3.63, 3.8) is 0 Å². The van der Waals surface area contributed by atoms with Gasteiger partial charge in [-0.2, -0.15) is 0 Å². The molecule has 3 heteroatoms. The topological polar surface area (TPSA) is 50.9 Å². The molecular formula is C9H9N3. The molecule has 3 N–H and O–H groups in total. The maximum absolute atomic E-state index is 5.33. The Balaban J connectivity index is 2.79. The van der Waals surface area contributed by atoms with Gasteiger partial charge in [0.05, 0.1) is 11.2 Å². The van der Waals surface area contributed by atoms with Crippen LogP contribution in [0.4, 0.5) is 5.69 Å². The minimum atomic E-state index is 0.855. The predicted molar refractivity (Wildman–Crippen MR) is 49.6 cm³/mol. The molecule has 0 saturated heterocycles. The molecule has 3 nitrogen and oxygen atoms in total. The number of nitrogens with one attached hydrogen (secondary N) is 1. The predicted octanol–water partition coefficient (Wildman–Crippen LogP) is 1.52. The molecular weight excluding hydrogens is 150 g/mol. The Morgan fingerprint density at radius 1 is 1.17 bits per heavy atom. The second-order valence-electron chi connectivity index (χ2n) is 2.53. The van der Waals surface area contributed by atoms with E-state index >= 15 is 0 Å². The number of anilines is 1. The van der Waals surface area contributed by atoms with Crippen molar-refractivity contribution >= 4 is 16.6 Å². The smallest absolute Gasteiger partial charge is 0.0946 e. The van der Waals surface area contributed by atoms with Gasteiger partial charge < -0.3 is 5.43 Å². The molecule has 0 unspecified atom stereocenters. The third-order valence-electron chi connectivity index (χ3n) is 1.79. The molecule has 0 fully saturated rings. The van der Waals surface area contributed by atoms with Crippen LogP contribution in [0.3, 0.4) is 0 Å². The van der Waals surface area contributed by atoms with Crippen molar-refractivity contribution in [1.29, 1.82) is 0 Å². The molecule has 1 aromatic carbocycles. The number of hydrazine groups is 1. The number of aromatic nitrogens is 1. The number of hydrogen-bond acceptors (Lipinski definition) is 3. The third kappa shape index (κ3) is 1.00. The quantitative estimate of drug-likeness (QED) is 0.490. The first kappa shape index (κ1) is 7.06. The summed E-state index contributed by atoms with van der Waals surface area (Å²) in [4.78, 5) is 4.21. The van der Waals surface area contributed by atoms with Crippen LogP contribution < -0.4 is 11.3 Å². The van der Waals surface area contributed by atoms with Gasteiger partial charge in [0.15, 0.2) is 0 Å². The van der Waals surface area contributed by atoms with Gasteiger partial charge in [-0.25, -0.2) is 0 Å². The van der Waals surface area contributed by atoms with E-state index in [2.05, 4.69) is 10.4 Å². The van der Waals surface area contributed by atoms with Crippen molar-refractivity contribution in [3.05, 3.63) is 36.5 Å². The van der Waals surface area contributed by atoms with Gasteiger partial charge in [0.2, 0.25) is 0 Å². The fourth-order valence-corrected chi connectivity index (χ4v) is 1.22. The zero-order chi connectivity index (χ0) is 8.39. The minimum absolute atomic E-state index is 0.855. The van der Waals surface area contributed by atoms with Gasteiger partial charge in [-0.3, -0.25) is 10.8 Å². The Labute approximate surface area is 70.2 Å². The van der Waals surface area contributed by atoms with Gasteiger partial charge in [0.25, 0.3) is 0 Å².